The molecule has 0 radical (unpaired) electrons. The van der Waals surface area contributed by atoms with Crippen molar-refractivity contribution in [1.82, 2.24) is 4.90 Å². The van der Waals surface area contributed by atoms with Crippen molar-refractivity contribution >= 4 is 29.1 Å². The summed E-state index contributed by atoms with van der Waals surface area (Å²) in [6.45, 7) is 2.85. The van der Waals surface area contributed by atoms with E-state index in [0.29, 0.717) is 36.0 Å². The number of ether oxygens (including phenoxy) is 1. The summed E-state index contributed by atoms with van der Waals surface area (Å²) >= 11 is 5.97. The number of hydrogen-bond acceptors (Lipinski definition) is 3. The van der Waals surface area contributed by atoms with E-state index in [-0.39, 0.29) is 24.3 Å². The van der Waals surface area contributed by atoms with Gasteiger partial charge < -0.3 is 15.0 Å². The van der Waals surface area contributed by atoms with Gasteiger partial charge in [-0.15, -0.1) is 0 Å². The Morgan fingerprint density at radius 3 is 2.56 bits per heavy atom. The van der Waals surface area contributed by atoms with Crippen LogP contribution in [-0.2, 0) is 22.7 Å². The molecule has 0 aliphatic carbocycles. The molecule has 0 bridgehead atoms. The molecule has 164 valence electrons. The molecule has 4 rings (SSSR count). The second-order valence-electron chi connectivity index (χ2n) is 7.85. The van der Waals surface area contributed by atoms with Crippen molar-refractivity contribution in [3.05, 3.63) is 94.5 Å². The molecule has 0 aromatic heterocycles. The quantitative estimate of drug-likeness (QED) is 0.549. The van der Waals surface area contributed by atoms with Gasteiger partial charge in [-0.05, 0) is 47.9 Å². The highest BCUT2D eigenvalue weighted by Gasteiger charge is 2.23. The van der Waals surface area contributed by atoms with Crippen molar-refractivity contribution in [1.29, 1.82) is 0 Å². The summed E-state index contributed by atoms with van der Waals surface area (Å²) in [7, 11) is 0. The molecular weight excluding hydrogens is 424 g/mol. The van der Waals surface area contributed by atoms with Gasteiger partial charge in [0.25, 0.3) is 5.91 Å². The highest BCUT2D eigenvalue weighted by atomic mass is 35.5. The Labute approximate surface area is 193 Å². The lowest BCUT2D eigenvalue weighted by atomic mass is 9.95. The smallest absolute Gasteiger partial charge is 0.261 e. The lowest BCUT2D eigenvalue weighted by Gasteiger charge is -2.20. The van der Waals surface area contributed by atoms with E-state index in [2.05, 4.69) is 5.32 Å². The number of carbonyl (C=O) groups is 2. The summed E-state index contributed by atoms with van der Waals surface area (Å²) in [5, 5.41) is 3.69. The molecule has 32 heavy (non-hydrogen) atoms. The first-order valence-electron chi connectivity index (χ1n) is 10.7. The maximum absolute atomic E-state index is 12.9. The highest BCUT2D eigenvalue weighted by molar-refractivity contribution is 6.30. The van der Waals surface area contributed by atoms with E-state index in [1.807, 2.05) is 79.7 Å². The number of nitrogens with zero attached hydrogens (tertiary/aromatic N) is 1. The van der Waals surface area contributed by atoms with Gasteiger partial charge in [0, 0.05) is 29.4 Å². The van der Waals surface area contributed by atoms with Gasteiger partial charge in [0.2, 0.25) is 5.91 Å². The minimum Gasteiger partial charge on any atom is -0.483 e. The molecule has 1 aliphatic heterocycles. The van der Waals surface area contributed by atoms with Crippen molar-refractivity contribution in [2.24, 2.45) is 0 Å². The number of nitrogens with one attached hydrogen (secondary N) is 1. The van der Waals surface area contributed by atoms with Gasteiger partial charge in [-0.1, -0.05) is 61.0 Å². The normalized spacial score (nSPS) is 14.2. The molecule has 3 aromatic rings. The second-order valence-corrected chi connectivity index (χ2v) is 8.28. The van der Waals surface area contributed by atoms with Crippen molar-refractivity contribution in [3.63, 3.8) is 0 Å². The number of benzene rings is 3. The molecule has 5 nitrogen and oxygen atoms in total. The van der Waals surface area contributed by atoms with Crippen LogP contribution in [0.2, 0.25) is 5.02 Å². The van der Waals surface area contributed by atoms with Gasteiger partial charge in [-0.2, -0.15) is 0 Å². The minimum absolute atomic E-state index is 0.0157. The van der Waals surface area contributed by atoms with Gasteiger partial charge in [-0.3, -0.25) is 9.59 Å². The van der Waals surface area contributed by atoms with Crippen molar-refractivity contribution in [3.8, 4) is 5.75 Å². The Balaban J connectivity index is 1.51. The monoisotopic (exact) mass is 448 g/mol. The lowest BCUT2D eigenvalue weighted by Crippen LogP contribution is -2.31. The fourth-order valence-corrected chi connectivity index (χ4v) is 4.01. The molecule has 1 aliphatic rings. The Hall–Kier alpha value is -3.31. The molecule has 0 saturated heterocycles. The number of hydrogen-bond donors (Lipinski definition) is 1. The van der Waals surface area contributed by atoms with Crippen molar-refractivity contribution in [2.75, 3.05) is 11.9 Å². The molecule has 1 unspecified atom stereocenters. The zero-order valence-electron chi connectivity index (χ0n) is 17.9. The standard InChI is InChI=1S/C26H25ClN2O3/c1-2-23(19-6-4-3-5-7-19)26(31)28-22-12-13-24-20(14-22)16-29(25(30)17-32-24)15-18-8-10-21(27)11-9-18/h3-14,23H,2,15-17H2,1H3,(H,28,31). The van der Waals surface area contributed by atoms with Crippen LogP contribution in [0.15, 0.2) is 72.8 Å². The van der Waals surface area contributed by atoms with Crippen molar-refractivity contribution in [2.45, 2.75) is 32.4 Å². The minimum atomic E-state index is -0.228. The third-order valence-electron chi connectivity index (χ3n) is 5.61. The highest BCUT2D eigenvalue weighted by Crippen LogP contribution is 2.29. The average Bonchev–Trinajstić information content (AvgIpc) is 2.95. The molecule has 1 heterocycles. The SMILES string of the molecule is CCC(C(=O)Nc1ccc2c(c1)CN(Cc1ccc(Cl)cc1)C(=O)CO2)c1ccccc1. The summed E-state index contributed by atoms with van der Waals surface area (Å²) in [5.41, 5.74) is 3.53. The number of rotatable bonds is 6. The van der Waals surface area contributed by atoms with Gasteiger partial charge in [0.15, 0.2) is 6.61 Å². The van der Waals surface area contributed by atoms with E-state index < -0.39 is 0 Å². The molecule has 1 N–H and O–H groups in total. The van der Waals surface area contributed by atoms with E-state index in [4.69, 9.17) is 16.3 Å². The van der Waals surface area contributed by atoms with Gasteiger partial charge >= 0.3 is 0 Å². The Bertz CT molecular complexity index is 1100. The third kappa shape index (κ3) is 5.11. The largest absolute Gasteiger partial charge is 0.483 e. The van der Waals surface area contributed by atoms with E-state index in [9.17, 15) is 9.59 Å². The van der Waals surface area contributed by atoms with Gasteiger partial charge in [-0.25, -0.2) is 0 Å². The molecule has 3 aromatic carbocycles. The predicted molar refractivity (Wildman–Crippen MR) is 126 cm³/mol. The maximum Gasteiger partial charge on any atom is 0.261 e. The zero-order chi connectivity index (χ0) is 22.5. The number of carbonyl (C=O) groups excluding carboxylic acids is 2. The van der Waals surface area contributed by atoms with Crippen LogP contribution in [0.3, 0.4) is 0 Å². The summed E-state index contributed by atoms with van der Waals surface area (Å²) in [6.07, 6.45) is 0.702. The zero-order valence-corrected chi connectivity index (χ0v) is 18.6. The van der Waals surface area contributed by atoms with E-state index >= 15 is 0 Å². The molecule has 1 atom stereocenters. The molecule has 0 fully saturated rings. The molecule has 6 heteroatoms. The van der Waals surface area contributed by atoms with Gasteiger partial charge in [0.1, 0.15) is 5.75 Å². The fourth-order valence-electron chi connectivity index (χ4n) is 3.89. The summed E-state index contributed by atoms with van der Waals surface area (Å²) in [6, 6.07) is 22.7. The van der Waals surface area contributed by atoms with Crippen LogP contribution in [0.5, 0.6) is 5.75 Å². The first-order valence-corrected chi connectivity index (χ1v) is 11.0. The van der Waals surface area contributed by atoms with E-state index in [1.165, 1.54) is 0 Å². The van der Waals surface area contributed by atoms with Gasteiger partial charge in [0.05, 0.1) is 5.92 Å². The second kappa shape index (κ2) is 9.88. The maximum atomic E-state index is 12.9. The molecule has 0 spiro atoms. The lowest BCUT2D eigenvalue weighted by molar-refractivity contribution is -0.133. The van der Waals surface area contributed by atoms with Crippen LogP contribution in [0.25, 0.3) is 0 Å². The summed E-state index contributed by atoms with van der Waals surface area (Å²) < 4.78 is 5.72. The molecule has 0 saturated carbocycles. The average molecular weight is 449 g/mol. The van der Waals surface area contributed by atoms with E-state index in [0.717, 1.165) is 16.7 Å². The molecular formula is C26H25ClN2O3. The van der Waals surface area contributed by atoms with Crippen LogP contribution in [-0.4, -0.2) is 23.3 Å². The number of fused-ring (bicyclic) bond motifs is 1. The van der Waals surface area contributed by atoms with Crippen LogP contribution < -0.4 is 10.1 Å². The summed E-state index contributed by atoms with van der Waals surface area (Å²) in [5.74, 6) is 0.290. The molecule has 2 amide bonds. The Kier molecular flexibility index (Phi) is 6.76. The topological polar surface area (TPSA) is 58.6 Å². The van der Waals surface area contributed by atoms with Crippen LogP contribution in [0.1, 0.15) is 36.0 Å². The van der Waals surface area contributed by atoms with Crippen LogP contribution >= 0.6 is 11.6 Å². The van der Waals surface area contributed by atoms with Crippen molar-refractivity contribution < 1.29 is 14.3 Å². The number of halogens is 1. The number of anilines is 1. The first-order chi connectivity index (χ1) is 15.5. The Morgan fingerprint density at radius 1 is 1.09 bits per heavy atom. The fraction of sp³-hybridized carbons (Fsp3) is 0.231. The third-order valence-corrected chi connectivity index (χ3v) is 5.86. The number of amides is 2. The predicted octanol–water partition coefficient (Wildman–Crippen LogP) is 5.39. The van der Waals surface area contributed by atoms with Crippen LogP contribution in [0, 0.1) is 0 Å². The van der Waals surface area contributed by atoms with Crippen LogP contribution in [0.4, 0.5) is 5.69 Å². The van der Waals surface area contributed by atoms with E-state index in [1.54, 1.807) is 4.90 Å². The first kappa shape index (κ1) is 21.9. The Morgan fingerprint density at radius 2 is 1.84 bits per heavy atom. The summed E-state index contributed by atoms with van der Waals surface area (Å²) in [4.78, 5) is 27.3.